The topological polar surface area (TPSA) is 176 Å². The second-order valence-electron chi connectivity index (χ2n) is 8.58. The van der Waals surface area contributed by atoms with Crippen LogP contribution in [0.1, 0.15) is 23.1 Å². The van der Waals surface area contributed by atoms with Gasteiger partial charge in [-0.3, -0.25) is 19.3 Å². The molecular formula is C23H20ClN7O6S2. The van der Waals surface area contributed by atoms with Gasteiger partial charge in [-0.25, -0.2) is 4.98 Å². The number of β-lactam (4-membered cyclic amide) rings is 1. The summed E-state index contributed by atoms with van der Waals surface area (Å²) in [5, 5.41) is 19.9. The standard InChI is InChI=1S/C23H20ClN7O6S2/c1-10(32)14-5-12(24)15-7-29(3-4-30(14)15)6-11-8-38-21-17(20(34)31(21)18(11)22(35)36)27-19(33)16(28-37-2)13-9-39-23(25)26-13/h3-5,7,9,17,21H,6,8H2,1-2H3,(H3-,25,26,27,33,35,36)/b28-16-/t17-,21+/m1/s1. The quantitative estimate of drug-likeness (QED) is 0.116. The molecule has 13 nitrogen and oxygen atoms in total. The molecular weight excluding hydrogens is 570 g/mol. The average molecular weight is 590 g/mol. The first kappa shape index (κ1) is 26.6. The van der Waals surface area contributed by atoms with Crippen molar-refractivity contribution in [1.29, 1.82) is 0 Å². The Balaban J connectivity index is 1.37. The molecule has 5 rings (SSSR count). The fourth-order valence-electron chi connectivity index (χ4n) is 4.43. The molecule has 0 radical (unpaired) electrons. The van der Waals surface area contributed by atoms with E-state index >= 15 is 0 Å². The number of fused-ring (bicyclic) bond motifs is 2. The van der Waals surface area contributed by atoms with E-state index in [0.717, 1.165) is 16.2 Å². The summed E-state index contributed by atoms with van der Waals surface area (Å²) in [5.74, 6) is -2.72. The Hall–Kier alpha value is -3.95. The maximum Gasteiger partial charge on any atom is 0.276 e. The van der Waals surface area contributed by atoms with Gasteiger partial charge in [-0.2, -0.15) is 4.57 Å². The van der Waals surface area contributed by atoms with Crippen LogP contribution >= 0.6 is 34.7 Å². The van der Waals surface area contributed by atoms with Crippen LogP contribution in [-0.2, 0) is 25.8 Å². The zero-order valence-electron chi connectivity index (χ0n) is 20.4. The first-order valence-electron chi connectivity index (χ1n) is 11.3. The molecule has 1 aromatic rings. The Labute approximate surface area is 234 Å². The highest BCUT2D eigenvalue weighted by molar-refractivity contribution is 8.00. The van der Waals surface area contributed by atoms with Crippen molar-refractivity contribution in [3.8, 4) is 5.69 Å². The van der Waals surface area contributed by atoms with Gasteiger partial charge in [0.15, 0.2) is 17.0 Å². The summed E-state index contributed by atoms with van der Waals surface area (Å²) in [7, 11) is 1.26. The summed E-state index contributed by atoms with van der Waals surface area (Å²) >= 11 is 8.72. The van der Waals surface area contributed by atoms with E-state index in [1.54, 1.807) is 33.8 Å². The van der Waals surface area contributed by atoms with Crippen LogP contribution in [0.2, 0.25) is 5.02 Å². The van der Waals surface area contributed by atoms with Crippen molar-refractivity contribution in [3.63, 3.8) is 0 Å². The number of amides is 2. The van der Waals surface area contributed by atoms with E-state index in [1.807, 2.05) is 0 Å². The molecule has 2 atom stereocenters. The number of ketones is 1. The summed E-state index contributed by atoms with van der Waals surface area (Å²) in [6.45, 7) is 1.57. The van der Waals surface area contributed by atoms with Crippen LogP contribution in [0.4, 0.5) is 5.13 Å². The number of oxime groups is 1. The number of nitrogen functional groups attached to an aromatic ring is 1. The number of carbonyl (C=O) groups is 4. The van der Waals surface area contributed by atoms with Crippen LogP contribution in [0.25, 0.3) is 5.69 Å². The van der Waals surface area contributed by atoms with Crippen molar-refractivity contribution >= 4 is 69.1 Å². The average Bonchev–Trinajstić information content (AvgIpc) is 3.48. The number of rotatable bonds is 8. The van der Waals surface area contributed by atoms with Gasteiger partial charge in [0.1, 0.15) is 29.2 Å². The maximum absolute atomic E-state index is 13.1. The second-order valence-corrected chi connectivity index (χ2v) is 11.0. The number of halogens is 1. The third-order valence-electron chi connectivity index (χ3n) is 6.15. The van der Waals surface area contributed by atoms with Crippen LogP contribution in [0.15, 0.2) is 46.5 Å². The maximum atomic E-state index is 13.1. The number of hydrogen-bond donors (Lipinski definition) is 2. The zero-order chi connectivity index (χ0) is 28.0. The largest absolute Gasteiger partial charge is 0.543 e. The van der Waals surface area contributed by atoms with Gasteiger partial charge in [-0.05, 0) is 5.57 Å². The Morgan fingerprint density at radius 2 is 2.18 bits per heavy atom. The van der Waals surface area contributed by atoms with Gasteiger partial charge in [-0.15, -0.1) is 23.1 Å². The lowest BCUT2D eigenvalue weighted by Crippen LogP contribution is -2.71. The number of thiazole rings is 1. The molecule has 4 aliphatic heterocycles. The van der Waals surface area contributed by atoms with Gasteiger partial charge in [0, 0.05) is 30.7 Å². The van der Waals surface area contributed by atoms with E-state index in [2.05, 4.69) is 15.5 Å². The SMILES string of the molecule is CO/N=C(\C(=O)N[C@@H]1C(=O)N2C(C(=O)[O-])=C(Cn3cc[n+]4c(C(C)=O)cc(Cl)c-4c3)CS[C@@H]12)c1csc(N)n1. The Bertz CT molecular complexity index is 1560. The third kappa shape index (κ3) is 4.72. The van der Waals surface area contributed by atoms with Crippen molar-refractivity contribution in [1.82, 2.24) is 19.8 Å². The minimum Gasteiger partial charge on any atom is -0.543 e. The fraction of sp³-hybridized carbons (Fsp3) is 0.261. The normalized spacial score (nSPS) is 19.1. The van der Waals surface area contributed by atoms with Crippen LogP contribution in [0, 0.1) is 0 Å². The monoisotopic (exact) mass is 589 g/mol. The first-order valence-corrected chi connectivity index (χ1v) is 13.6. The molecule has 2 amide bonds. The van der Waals surface area contributed by atoms with Gasteiger partial charge < -0.3 is 30.4 Å². The predicted molar refractivity (Wildman–Crippen MR) is 139 cm³/mol. The van der Waals surface area contributed by atoms with E-state index in [1.165, 1.54) is 31.2 Å². The molecule has 16 heteroatoms. The molecule has 5 heterocycles. The van der Waals surface area contributed by atoms with Gasteiger partial charge in [0.25, 0.3) is 17.5 Å². The van der Waals surface area contributed by atoms with Crippen LogP contribution in [-0.4, -0.2) is 68.0 Å². The number of anilines is 1. The molecule has 0 aromatic carbocycles. The minimum atomic E-state index is -1.51. The Morgan fingerprint density at radius 1 is 1.41 bits per heavy atom. The molecule has 0 spiro atoms. The summed E-state index contributed by atoms with van der Waals surface area (Å²) in [4.78, 5) is 59.9. The number of carboxylic acids is 1. The number of hydrogen-bond acceptors (Lipinski definition) is 11. The van der Waals surface area contributed by atoms with Crippen molar-refractivity contribution in [2.75, 3.05) is 18.6 Å². The van der Waals surface area contributed by atoms with Gasteiger partial charge in [0.05, 0.1) is 24.1 Å². The molecule has 1 saturated heterocycles. The van der Waals surface area contributed by atoms with E-state index in [0.29, 0.717) is 22.0 Å². The summed E-state index contributed by atoms with van der Waals surface area (Å²) in [5.41, 5.74) is 6.85. The van der Waals surface area contributed by atoms with Crippen molar-refractivity contribution in [2.24, 2.45) is 5.16 Å². The van der Waals surface area contributed by atoms with Crippen LogP contribution < -0.4 is 20.7 Å². The highest BCUT2D eigenvalue weighted by Gasteiger charge is 2.53. The summed E-state index contributed by atoms with van der Waals surface area (Å²) in [6, 6.07) is 0.570. The van der Waals surface area contributed by atoms with Crippen molar-refractivity contribution in [3.05, 3.63) is 57.7 Å². The second kappa shape index (κ2) is 10.3. The van der Waals surface area contributed by atoms with Crippen molar-refractivity contribution < 1.29 is 33.7 Å². The number of thioether (sulfide) groups is 1. The zero-order valence-corrected chi connectivity index (χ0v) is 22.8. The molecule has 0 saturated carbocycles. The van der Waals surface area contributed by atoms with Crippen LogP contribution in [0.3, 0.4) is 0 Å². The third-order valence-corrected chi connectivity index (χ3v) is 8.46. The van der Waals surface area contributed by atoms with E-state index < -0.39 is 29.2 Å². The molecule has 202 valence electrons. The summed E-state index contributed by atoms with van der Waals surface area (Å²) in [6.07, 6.45) is 5.02. The molecule has 39 heavy (non-hydrogen) atoms. The lowest BCUT2D eigenvalue weighted by molar-refractivity contribution is -0.595. The predicted octanol–water partition coefficient (Wildman–Crippen LogP) is -0.448. The van der Waals surface area contributed by atoms with E-state index in [-0.39, 0.29) is 40.3 Å². The Kier molecular flexibility index (Phi) is 7.05. The van der Waals surface area contributed by atoms with Gasteiger partial charge >= 0.3 is 0 Å². The first-order chi connectivity index (χ1) is 18.6. The number of nitrogens with one attached hydrogen (secondary N) is 1. The van der Waals surface area contributed by atoms with Crippen LogP contribution in [0.5, 0.6) is 0 Å². The molecule has 0 unspecified atom stereocenters. The molecule has 4 aliphatic rings. The van der Waals surface area contributed by atoms with E-state index in [4.69, 9.17) is 22.2 Å². The van der Waals surface area contributed by atoms with Gasteiger partial charge in [-0.1, -0.05) is 16.8 Å². The minimum absolute atomic E-state index is 0.132. The van der Waals surface area contributed by atoms with Crippen molar-refractivity contribution in [2.45, 2.75) is 24.9 Å². The molecule has 0 bridgehead atoms. The highest BCUT2D eigenvalue weighted by atomic mass is 35.5. The molecule has 3 N–H and O–H groups in total. The number of Topliss-reactive ketones (excluding diaryl/α,β-unsaturated/α-hetero) is 1. The number of nitrogens with zero attached hydrogens (tertiary/aromatic N) is 5. The highest BCUT2D eigenvalue weighted by Crippen LogP contribution is 2.40. The fourth-order valence-corrected chi connectivity index (χ4v) is 6.56. The summed E-state index contributed by atoms with van der Waals surface area (Å²) < 4.78 is 3.36. The number of carboxylic acid groups (broad SMARTS) is 1. The smallest absolute Gasteiger partial charge is 0.276 e. The van der Waals surface area contributed by atoms with Gasteiger partial charge in [0.2, 0.25) is 11.5 Å². The number of aromatic nitrogens is 3. The number of nitrogens with two attached hydrogens (primary N) is 1. The lowest BCUT2D eigenvalue weighted by Gasteiger charge is -2.50. The number of aliphatic carboxylic acids is 1. The number of carbonyl (C=O) groups excluding carboxylic acids is 4. The molecule has 0 aliphatic carbocycles. The Morgan fingerprint density at radius 3 is 2.82 bits per heavy atom. The van der Waals surface area contributed by atoms with E-state index in [9.17, 15) is 24.3 Å². The lowest BCUT2D eigenvalue weighted by atomic mass is 10.0. The molecule has 1 fully saturated rings. The molecule has 1 aromatic heterocycles.